The average molecular weight is 254 g/mol. The summed E-state index contributed by atoms with van der Waals surface area (Å²) in [5, 5.41) is 10.2. The summed E-state index contributed by atoms with van der Waals surface area (Å²) in [6, 6.07) is 12.4. The standard InChI is InChI=1S/C16H14O3/c1-2-7-13(12-8-4-3-5-9-12)15(17)16(18)14-10-6-11-19-14/h2-11,15,17H,1H2/b13-7+. The third-order valence-electron chi connectivity index (χ3n) is 2.71. The Morgan fingerprint density at radius 3 is 2.53 bits per heavy atom. The van der Waals surface area contributed by atoms with Crippen LogP contribution in [0, 0.1) is 0 Å². The van der Waals surface area contributed by atoms with Crippen molar-refractivity contribution in [2.75, 3.05) is 0 Å². The summed E-state index contributed by atoms with van der Waals surface area (Å²) in [4.78, 5) is 12.1. The van der Waals surface area contributed by atoms with E-state index in [2.05, 4.69) is 6.58 Å². The fourth-order valence-corrected chi connectivity index (χ4v) is 1.80. The smallest absolute Gasteiger partial charge is 0.230 e. The first kappa shape index (κ1) is 13.1. The van der Waals surface area contributed by atoms with Crippen LogP contribution in [0.4, 0.5) is 0 Å². The number of carbonyl (C=O) groups is 1. The fraction of sp³-hybridized carbons (Fsp3) is 0.0625. The van der Waals surface area contributed by atoms with Crippen LogP contribution in [0.1, 0.15) is 16.1 Å². The molecule has 3 nitrogen and oxygen atoms in total. The minimum absolute atomic E-state index is 0.137. The minimum Gasteiger partial charge on any atom is -0.461 e. The summed E-state index contributed by atoms with van der Waals surface area (Å²) >= 11 is 0. The van der Waals surface area contributed by atoms with E-state index in [1.807, 2.05) is 30.3 Å². The maximum Gasteiger partial charge on any atom is 0.230 e. The number of ketones is 1. The van der Waals surface area contributed by atoms with Crippen LogP contribution in [0.5, 0.6) is 0 Å². The Hall–Kier alpha value is -2.39. The average Bonchev–Trinajstić information content (AvgIpc) is 2.98. The van der Waals surface area contributed by atoms with Gasteiger partial charge < -0.3 is 9.52 Å². The molecule has 1 atom stereocenters. The molecule has 0 aliphatic rings. The molecule has 0 saturated carbocycles. The molecule has 0 amide bonds. The molecular formula is C16H14O3. The molecule has 19 heavy (non-hydrogen) atoms. The van der Waals surface area contributed by atoms with Gasteiger partial charge in [-0.1, -0.05) is 49.1 Å². The highest BCUT2D eigenvalue weighted by atomic mass is 16.3. The van der Waals surface area contributed by atoms with E-state index in [4.69, 9.17) is 4.42 Å². The molecule has 1 unspecified atom stereocenters. The number of hydrogen-bond donors (Lipinski definition) is 1. The molecule has 1 N–H and O–H groups in total. The summed E-state index contributed by atoms with van der Waals surface area (Å²) in [6.45, 7) is 3.61. The van der Waals surface area contributed by atoms with E-state index in [1.54, 1.807) is 18.2 Å². The van der Waals surface area contributed by atoms with Gasteiger partial charge in [-0.15, -0.1) is 0 Å². The fourth-order valence-electron chi connectivity index (χ4n) is 1.80. The molecule has 1 heterocycles. The summed E-state index contributed by atoms with van der Waals surface area (Å²) in [5.74, 6) is -0.333. The Morgan fingerprint density at radius 2 is 1.95 bits per heavy atom. The van der Waals surface area contributed by atoms with Crippen LogP contribution in [-0.4, -0.2) is 17.0 Å². The van der Waals surface area contributed by atoms with E-state index in [0.717, 1.165) is 5.56 Å². The molecule has 0 fully saturated rings. The SMILES string of the molecule is C=C/C=C(\c1ccccc1)C(O)C(=O)c1ccco1. The Morgan fingerprint density at radius 1 is 1.21 bits per heavy atom. The van der Waals surface area contributed by atoms with Gasteiger partial charge in [0, 0.05) is 0 Å². The zero-order valence-corrected chi connectivity index (χ0v) is 10.3. The van der Waals surface area contributed by atoms with E-state index in [-0.39, 0.29) is 5.76 Å². The van der Waals surface area contributed by atoms with Gasteiger partial charge in [0.15, 0.2) is 5.76 Å². The van der Waals surface area contributed by atoms with Crippen molar-refractivity contribution in [1.82, 2.24) is 0 Å². The second-order valence-corrected chi connectivity index (χ2v) is 3.97. The topological polar surface area (TPSA) is 50.4 Å². The van der Waals surface area contributed by atoms with Gasteiger partial charge in [0.25, 0.3) is 0 Å². The molecular weight excluding hydrogens is 240 g/mol. The van der Waals surface area contributed by atoms with Crippen molar-refractivity contribution < 1.29 is 14.3 Å². The van der Waals surface area contributed by atoms with Gasteiger partial charge in [-0.05, 0) is 23.3 Å². The third-order valence-corrected chi connectivity index (χ3v) is 2.71. The maximum atomic E-state index is 12.1. The zero-order valence-electron chi connectivity index (χ0n) is 10.3. The van der Waals surface area contributed by atoms with Crippen LogP contribution in [0.15, 0.2) is 71.9 Å². The Labute approximate surface area is 111 Å². The monoisotopic (exact) mass is 254 g/mol. The molecule has 96 valence electrons. The highest BCUT2D eigenvalue weighted by molar-refractivity contribution is 6.05. The van der Waals surface area contributed by atoms with Gasteiger partial charge in [-0.25, -0.2) is 0 Å². The summed E-state index contributed by atoms with van der Waals surface area (Å²) in [7, 11) is 0. The van der Waals surface area contributed by atoms with Crippen molar-refractivity contribution in [3.8, 4) is 0 Å². The van der Waals surface area contributed by atoms with Crippen LogP contribution in [0.3, 0.4) is 0 Å². The number of allylic oxidation sites excluding steroid dienone is 2. The number of benzene rings is 1. The Kier molecular flexibility index (Phi) is 4.11. The molecule has 0 aliphatic carbocycles. The van der Waals surface area contributed by atoms with E-state index >= 15 is 0 Å². The zero-order chi connectivity index (χ0) is 13.7. The van der Waals surface area contributed by atoms with Crippen molar-refractivity contribution in [2.24, 2.45) is 0 Å². The van der Waals surface area contributed by atoms with Crippen LogP contribution in [0.25, 0.3) is 5.57 Å². The normalized spacial score (nSPS) is 13.0. The van der Waals surface area contributed by atoms with Gasteiger partial charge in [-0.3, -0.25) is 4.79 Å². The molecule has 0 saturated heterocycles. The van der Waals surface area contributed by atoms with Gasteiger partial charge in [-0.2, -0.15) is 0 Å². The second-order valence-electron chi connectivity index (χ2n) is 3.97. The van der Waals surface area contributed by atoms with Crippen LogP contribution in [0.2, 0.25) is 0 Å². The van der Waals surface area contributed by atoms with Gasteiger partial charge in [0.2, 0.25) is 5.78 Å². The highest BCUT2D eigenvalue weighted by Gasteiger charge is 2.24. The summed E-state index contributed by atoms with van der Waals surface area (Å²) in [6.07, 6.45) is 3.30. The first-order valence-electron chi connectivity index (χ1n) is 5.88. The Bertz CT molecular complexity index is 580. The predicted molar refractivity (Wildman–Crippen MR) is 73.7 cm³/mol. The number of hydrogen-bond acceptors (Lipinski definition) is 3. The minimum atomic E-state index is -1.27. The van der Waals surface area contributed by atoms with Crippen molar-refractivity contribution in [2.45, 2.75) is 6.10 Å². The molecule has 0 radical (unpaired) electrons. The number of aliphatic hydroxyl groups excluding tert-OH is 1. The largest absolute Gasteiger partial charge is 0.461 e. The molecule has 1 aromatic heterocycles. The van der Waals surface area contributed by atoms with E-state index in [9.17, 15) is 9.90 Å². The molecule has 1 aromatic carbocycles. The number of Topliss-reactive ketones (excluding diaryl/α,β-unsaturated/α-hetero) is 1. The molecule has 3 heteroatoms. The van der Waals surface area contributed by atoms with E-state index in [1.165, 1.54) is 12.3 Å². The lowest BCUT2D eigenvalue weighted by molar-refractivity contribution is 0.0804. The lowest BCUT2D eigenvalue weighted by Gasteiger charge is -2.13. The van der Waals surface area contributed by atoms with Gasteiger partial charge in [0.1, 0.15) is 6.10 Å². The highest BCUT2D eigenvalue weighted by Crippen LogP contribution is 2.21. The number of rotatable bonds is 5. The first-order valence-corrected chi connectivity index (χ1v) is 5.88. The first-order chi connectivity index (χ1) is 9.24. The van der Waals surface area contributed by atoms with E-state index < -0.39 is 11.9 Å². The number of aliphatic hydroxyl groups is 1. The Balaban J connectivity index is 2.33. The van der Waals surface area contributed by atoms with Crippen molar-refractivity contribution >= 4 is 11.4 Å². The molecule has 0 bridgehead atoms. The second kappa shape index (κ2) is 5.98. The number of furan rings is 1. The molecule has 2 rings (SSSR count). The van der Waals surface area contributed by atoms with Gasteiger partial charge >= 0.3 is 0 Å². The maximum absolute atomic E-state index is 12.1. The van der Waals surface area contributed by atoms with Crippen LogP contribution in [-0.2, 0) is 0 Å². The molecule has 2 aromatic rings. The van der Waals surface area contributed by atoms with Crippen LogP contribution < -0.4 is 0 Å². The predicted octanol–water partition coefficient (Wildman–Crippen LogP) is 3.09. The van der Waals surface area contributed by atoms with Crippen molar-refractivity contribution in [1.29, 1.82) is 0 Å². The van der Waals surface area contributed by atoms with Crippen molar-refractivity contribution in [3.05, 3.63) is 78.8 Å². The summed E-state index contributed by atoms with van der Waals surface area (Å²) in [5.41, 5.74) is 1.27. The molecule has 0 aliphatic heterocycles. The third kappa shape index (κ3) is 2.89. The quantitative estimate of drug-likeness (QED) is 0.659. The molecule has 0 spiro atoms. The van der Waals surface area contributed by atoms with Crippen LogP contribution >= 0.6 is 0 Å². The lowest BCUT2D eigenvalue weighted by Crippen LogP contribution is -2.21. The summed E-state index contributed by atoms with van der Waals surface area (Å²) < 4.78 is 5.02. The number of carbonyl (C=O) groups excluding carboxylic acids is 1. The lowest BCUT2D eigenvalue weighted by atomic mass is 9.96. The van der Waals surface area contributed by atoms with Gasteiger partial charge in [0.05, 0.1) is 6.26 Å². The van der Waals surface area contributed by atoms with Crippen molar-refractivity contribution in [3.63, 3.8) is 0 Å². The van der Waals surface area contributed by atoms with E-state index in [0.29, 0.717) is 5.57 Å².